The third-order valence-corrected chi connectivity index (χ3v) is 14.6. The molecule has 312 valence electrons. The van der Waals surface area contributed by atoms with Crippen LogP contribution in [0.5, 0.6) is 11.8 Å². The van der Waals surface area contributed by atoms with Gasteiger partial charge in [0, 0.05) is 66.7 Å². The van der Waals surface area contributed by atoms with Crippen LogP contribution in [0.15, 0.2) is 108 Å². The summed E-state index contributed by atoms with van der Waals surface area (Å²) in [6.45, 7) is 6.15. The maximum atomic E-state index is 13.9. The lowest BCUT2D eigenvalue weighted by atomic mass is 9.83. The number of hydrogen-bond donors (Lipinski definition) is 0. The van der Waals surface area contributed by atoms with Gasteiger partial charge in [0.2, 0.25) is 11.8 Å². The Labute approximate surface area is 388 Å². The van der Waals surface area contributed by atoms with Gasteiger partial charge in [-0.2, -0.15) is 0 Å². The predicted molar refractivity (Wildman–Crippen MR) is 252 cm³/mol. The van der Waals surface area contributed by atoms with Crippen LogP contribution in [0.25, 0.3) is 55.9 Å². The molecule has 5 unspecified atom stereocenters. The average Bonchev–Trinajstić information content (AvgIpc) is 3.88. The second-order valence-electron chi connectivity index (χ2n) is 17.8. The average molecular weight is 966 g/mol. The summed E-state index contributed by atoms with van der Waals surface area (Å²) in [6.07, 6.45) is 6.65. The van der Waals surface area contributed by atoms with Crippen molar-refractivity contribution in [1.82, 2.24) is 9.97 Å². The number of halogens is 5. The maximum Gasteiger partial charge on any atom is 0.225 e. The number of pyridine rings is 2. The van der Waals surface area contributed by atoms with Gasteiger partial charge in [0.15, 0.2) is 11.6 Å². The molecule has 4 aromatic carbocycles. The molecule has 2 aromatic heterocycles. The molecule has 4 aliphatic rings. The van der Waals surface area contributed by atoms with Gasteiger partial charge in [-0.3, -0.25) is 9.59 Å². The van der Waals surface area contributed by atoms with E-state index in [2.05, 4.69) is 28.1 Å². The zero-order valence-corrected chi connectivity index (χ0v) is 38.6. The first-order valence-electron chi connectivity index (χ1n) is 20.7. The van der Waals surface area contributed by atoms with Gasteiger partial charge in [-0.1, -0.05) is 138 Å². The molecule has 6 aromatic rings. The quantitative estimate of drug-likeness (QED) is 0.155. The summed E-state index contributed by atoms with van der Waals surface area (Å²) >= 11 is 31.4. The van der Waals surface area contributed by atoms with Crippen molar-refractivity contribution in [3.8, 4) is 67.7 Å². The van der Waals surface area contributed by atoms with E-state index in [0.29, 0.717) is 100 Å². The third-order valence-electron chi connectivity index (χ3n) is 12.8. The van der Waals surface area contributed by atoms with Gasteiger partial charge in [-0.15, -0.1) is 0 Å². The number of aromatic nitrogens is 2. The van der Waals surface area contributed by atoms with Crippen molar-refractivity contribution in [3.63, 3.8) is 0 Å². The molecule has 1 saturated carbocycles. The molecule has 0 N–H and O–H groups in total. The molecule has 11 heteroatoms. The van der Waals surface area contributed by atoms with Crippen molar-refractivity contribution < 1.29 is 19.1 Å². The van der Waals surface area contributed by atoms with Crippen LogP contribution in [0.3, 0.4) is 0 Å². The fraction of sp³-hybridized carbons (Fsp3) is 0.255. The molecule has 5 atom stereocenters. The molecule has 62 heavy (non-hydrogen) atoms. The first-order chi connectivity index (χ1) is 29.7. The zero-order chi connectivity index (χ0) is 43.2. The summed E-state index contributed by atoms with van der Waals surface area (Å²) in [5.41, 5.74) is 7.25. The Morgan fingerprint density at radius 3 is 1.95 bits per heavy atom. The van der Waals surface area contributed by atoms with E-state index in [4.69, 9.17) is 65.8 Å². The van der Waals surface area contributed by atoms with Crippen molar-refractivity contribution in [2.24, 2.45) is 23.2 Å². The van der Waals surface area contributed by atoms with Crippen molar-refractivity contribution in [2.75, 3.05) is 0 Å². The Balaban J connectivity index is 1.10. The molecule has 0 amide bonds. The van der Waals surface area contributed by atoms with Crippen LogP contribution < -0.4 is 9.47 Å². The van der Waals surface area contributed by atoms with Crippen LogP contribution >= 0.6 is 62.3 Å². The molecule has 10 rings (SSSR count). The number of hydrogen-bond acceptors (Lipinski definition) is 6. The minimum absolute atomic E-state index is 0.0171. The first kappa shape index (κ1) is 41.5. The molecule has 2 aliphatic heterocycles. The second-order valence-corrected chi connectivity index (χ2v) is 20.3. The van der Waals surface area contributed by atoms with Gasteiger partial charge < -0.3 is 9.47 Å². The number of fused-ring (bicyclic) bond motifs is 4. The fourth-order valence-corrected chi connectivity index (χ4v) is 10.9. The lowest BCUT2D eigenvalue weighted by Gasteiger charge is -2.34. The summed E-state index contributed by atoms with van der Waals surface area (Å²) in [5, 5.41) is 1.93. The highest BCUT2D eigenvalue weighted by Crippen LogP contribution is 2.50. The largest absolute Gasteiger partial charge is 0.473 e. The molecule has 0 spiro atoms. The molecule has 0 radical (unpaired) electrons. The van der Waals surface area contributed by atoms with Gasteiger partial charge in [-0.25, -0.2) is 9.97 Å². The van der Waals surface area contributed by atoms with Crippen molar-refractivity contribution in [3.05, 3.63) is 139 Å². The topological polar surface area (TPSA) is 78.4 Å². The van der Waals surface area contributed by atoms with Crippen molar-refractivity contribution in [2.45, 2.75) is 58.7 Å². The van der Waals surface area contributed by atoms with Gasteiger partial charge in [0.1, 0.15) is 12.2 Å². The van der Waals surface area contributed by atoms with Crippen molar-refractivity contribution >= 4 is 73.9 Å². The number of carbonyl (C=O) groups excluding carboxylic acids is 2. The number of benzene rings is 4. The summed E-state index contributed by atoms with van der Waals surface area (Å²) in [7, 11) is 0. The monoisotopic (exact) mass is 962 g/mol. The summed E-state index contributed by atoms with van der Waals surface area (Å²) in [6, 6.07) is 28.2. The standard InChI is InChI=1S/C51H39BrCl4N2O4/c1-51(2,3)45-24-43(60)39-22-36(47(57-50(39)62-45)32-15-12-29(52)20-41(32)55)28-11-16-40(54)37(19-28)31-5-4-6-33(46(31)56)48-35(26-9-13-30(53)14-10-26)21-38-42(59)23-44(61-49(38)58-48)34-18-25-7-8-27(34)17-25/h4-16,19-22,25,27,34,44-45H,17-18,23-24H2,1-3H3. The van der Waals surface area contributed by atoms with Crippen LogP contribution in [0.2, 0.25) is 20.1 Å². The molecule has 6 nitrogen and oxygen atoms in total. The van der Waals surface area contributed by atoms with Crippen LogP contribution in [0.1, 0.15) is 67.2 Å². The Bertz CT molecular complexity index is 2890. The predicted octanol–water partition coefficient (Wildman–Crippen LogP) is 15.1. The van der Waals surface area contributed by atoms with Gasteiger partial charge >= 0.3 is 0 Å². The highest BCUT2D eigenvalue weighted by molar-refractivity contribution is 9.10. The van der Waals surface area contributed by atoms with Gasteiger partial charge in [-0.05, 0) is 89.8 Å². The normalized spacial score (nSPS) is 21.4. The highest BCUT2D eigenvalue weighted by Gasteiger charge is 2.44. The Kier molecular flexibility index (Phi) is 10.7. The minimum Gasteiger partial charge on any atom is -0.473 e. The summed E-state index contributed by atoms with van der Waals surface area (Å²) < 4.78 is 13.9. The number of allylic oxidation sites excluding steroid dienone is 2. The lowest BCUT2D eigenvalue weighted by Crippen LogP contribution is -2.38. The Morgan fingerprint density at radius 2 is 1.27 bits per heavy atom. The smallest absolute Gasteiger partial charge is 0.225 e. The molecule has 2 bridgehead atoms. The number of nitrogens with zero attached hydrogens (tertiary/aromatic N) is 2. The zero-order valence-electron chi connectivity index (χ0n) is 33.9. The van der Waals surface area contributed by atoms with E-state index >= 15 is 0 Å². The maximum absolute atomic E-state index is 13.9. The molecule has 0 saturated heterocycles. The number of carbonyl (C=O) groups is 2. The lowest BCUT2D eigenvalue weighted by molar-refractivity contribution is 0.0516. The van der Waals surface area contributed by atoms with Crippen LogP contribution in [-0.2, 0) is 0 Å². The number of ether oxygens (including phenoxy) is 2. The van der Waals surface area contributed by atoms with E-state index in [-0.39, 0.29) is 47.4 Å². The summed E-state index contributed by atoms with van der Waals surface area (Å²) in [5.74, 6) is 1.79. The van der Waals surface area contributed by atoms with Gasteiger partial charge in [0.25, 0.3) is 0 Å². The van der Waals surface area contributed by atoms with Crippen LogP contribution in [0, 0.1) is 23.2 Å². The van der Waals surface area contributed by atoms with E-state index in [1.165, 1.54) is 0 Å². The number of Topliss-reactive ketones (excluding diaryl/α,β-unsaturated/α-hetero) is 2. The SMILES string of the molecule is CC(C)(C)C1CC(=O)c2cc(-c3ccc(Cl)c(-c4cccc(-c5nc6c(cc5-c5ccc(Cl)cc5)C(=O)CC(C5CC7C=CC5C7)O6)c4Cl)c3)c(-c3ccc(Br)cc3Cl)nc2O1. The minimum atomic E-state index is -0.344. The highest BCUT2D eigenvalue weighted by atomic mass is 79.9. The van der Waals surface area contributed by atoms with E-state index in [9.17, 15) is 9.59 Å². The molecular formula is C51H39BrCl4N2O4. The fourth-order valence-electron chi connectivity index (χ4n) is 9.46. The molecule has 4 heterocycles. The number of rotatable bonds is 6. The van der Waals surface area contributed by atoms with E-state index in [0.717, 1.165) is 28.4 Å². The van der Waals surface area contributed by atoms with E-state index in [1.54, 1.807) is 0 Å². The summed E-state index contributed by atoms with van der Waals surface area (Å²) in [4.78, 5) is 37.9. The van der Waals surface area contributed by atoms with E-state index < -0.39 is 0 Å². The Hall–Kier alpha value is -4.50. The molecular weight excluding hydrogens is 926 g/mol. The second kappa shape index (κ2) is 15.9. The number of ketones is 2. The molecule has 1 fully saturated rings. The Morgan fingerprint density at radius 1 is 0.613 bits per heavy atom. The first-order valence-corrected chi connectivity index (χ1v) is 23.0. The van der Waals surface area contributed by atoms with Crippen molar-refractivity contribution in [1.29, 1.82) is 0 Å². The third kappa shape index (κ3) is 7.48. The van der Waals surface area contributed by atoms with Gasteiger partial charge in [0.05, 0.1) is 32.6 Å². The molecule has 2 aliphatic carbocycles. The van der Waals surface area contributed by atoms with E-state index in [1.807, 2.05) is 112 Å². The van der Waals surface area contributed by atoms with Crippen LogP contribution in [0.4, 0.5) is 0 Å². The van der Waals surface area contributed by atoms with Crippen LogP contribution in [-0.4, -0.2) is 33.7 Å².